The molecule has 0 saturated carbocycles. The van der Waals surface area contributed by atoms with Gasteiger partial charge in [-0.25, -0.2) is 9.97 Å². The van der Waals surface area contributed by atoms with Gasteiger partial charge < -0.3 is 5.32 Å². The van der Waals surface area contributed by atoms with E-state index in [0.717, 1.165) is 37.4 Å². The Morgan fingerprint density at radius 1 is 1.23 bits per heavy atom. The molecule has 0 radical (unpaired) electrons. The molecule has 10 heteroatoms. The van der Waals surface area contributed by atoms with Crippen LogP contribution in [0.3, 0.4) is 0 Å². The van der Waals surface area contributed by atoms with Crippen LogP contribution in [-0.4, -0.2) is 25.5 Å². The van der Waals surface area contributed by atoms with Crippen molar-refractivity contribution in [3.63, 3.8) is 0 Å². The standard InChI is InChI=1S/C20H21N5O2S3/c1-4-5-16(26)21-12-6-7-14-15(8-12)29-20(23-14)28-10-13-9-17(27)25-19(22-13)30-18(24-25)11(2)3/h6-9,11H,4-5,10H2,1-3H3,(H,21,26). The molecule has 7 nitrogen and oxygen atoms in total. The van der Waals surface area contributed by atoms with Gasteiger partial charge in [0.15, 0.2) is 4.34 Å². The summed E-state index contributed by atoms with van der Waals surface area (Å²) in [6, 6.07) is 7.28. The van der Waals surface area contributed by atoms with Crippen molar-refractivity contribution in [2.75, 3.05) is 5.32 Å². The molecule has 0 fully saturated rings. The molecule has 1 amide bonds. The highest BCUT2D eigenvalue weighted by molar-refractivity contribution is 8.00. The van der Waals surface area contributed by atoms with Gasteiger partial charge in [0.2, 0.25) is 10.9 Å². The lowest BCUT2D eigenvalue weighted by Gasteiger charge is -2.03. The molecule has 3 heterocycles. The first kappa shape index (κ1) is 21.0. The Hall–Kier alpha value is -2.30. The van der Waals surface area contributed by atoms with Crippen LogP contribution in [0.1, 0.15) is 50.2 Å². The van der Waals surface area contributed by atoms with E-state index in [-0.39, 0.29) is 17.4 Å². The highest BCUT2D eigenvalue weighted by atomic mass is 32.2. The largest absolute Gasteiger partial charge is 0.326 e. The van der Waals surface area contributed by atoms with Gasteiger partial charge in [0.25, 0.3) is 5.56 Å². The van der Waals surface area contributed by atoms with Crippen molar-refractivity contribution in [1.82, 2.24) is 19.6 Å². The lowest BCUT2D eigenvalue weighted by molar-refractivity contribution is -0.116. The van der Waals surface area contributed by atoms with Crippen molar-refractivity contribution >= 4 is 61.2 Å². The number of thioether (sulfide) groups is 1. The summed E-state index contributed by atoms with van der Waals surface area (Å²) in [5.74, 6) is 0.835. The van der Waals surface area contributed by atoms with Crippen molar-refractivity contribution in [2.45, 2.75) is 49.6 Å². The van der Waals surface area contributed by atoms with Crippen molar-refractivity contribution in [2.24, 2.45) is 0 Å². The molecular weight excluding hydrogens is 438 g/mol. The number of carbonyl (C=O) groups excluding carboxylic acids is 1. The summed E-state index contributed by atoms with van der Waals surface area (Å²) in [7, 11) is 0. The molecule has 1 N–H and O–H groups in total. The van der Waals surface area contributed by atoms with Gasteiger partial charge in [-0.15, -0.1) is 11.3 Å². The fraction of sp³-hybridized carbons (Fsp3) is 0.350. The fourth-order valence-electron chi connectivity index (χ4n) is 2.81. The van der Waals surface area contributed by atoms with Crippen molar-refractivity contribution in [1.29, 1.82) is 0 Å². The number of anilines is 1. The number of fused-ring (bicyclic) bond motifs is 2. The van der Waals surface area contributed by atoms with Gasteiger partial charge in [0.1, 0.15) is 5.01 Å². The molecule has 0 unspecified atom stereocenters. The third-order valence-electron chi connectivity index (χ3n) is 4.28. The van der Waals surface area contributed by atoms with E-state index in [1.54, 1.807) is 29.2 Å². The first-order valence-electron chi connectivity index (χ1n) is 9.66. The van der Waals surface area contributed by atoms with Crippen LogP contribution in [-0.2, 0) is 10.5 Å². The number of rotatable bonds is 7. The average Bonchev–Trinajstić information content (AvgIpc) is 3.30. The minimum Gasteiger partial charge on any atom is -0.326 e. The number of carbonyl (C=O) groups is 1. The maximum atomic E-state index is 12.4. The van der Waals surface area contributed by atoms with E-state index in [1.165, 1.54) is 15.9 Å². The second kappa shape index (κ2) is 8.83. The van der Waals surface area contributed by atoms with Crippen LogP contribution < -0.4 is 10.9 Å². The molecule has 0 spiro atoms. The summed E-state index contributed by atoms with van der Waals surface area (Å²) in [5, 5.41) is 8.17. The van der Waals surface area contributed by atoms with Crippen LogP contribution in [0.15, 0.2) is 33.4 Å². The van der Waals surface area contributed by atoms with Crippen LogP contribution in [0.5, 0.6) is 0 Å². The number of hydrogen-bond donors (Lipinski definition) is 1. The monoisotopic (exact) mass is 459 g/mol. The number of thiazole rings is 1. The summed E-state index contributed by atoms with van der Waals surface area (Å²) in [5.41, 5.74) is 2.24. The van der Waals surface area contributed by atoms with E-state index in [9.17, 15) is 9.59 Å². The molecule has 1 aromatic carbocycles. The highest BCUT2D eigenvalue weighted by Crippen LogP contribution is 2.33. The SMILES string of the molecule is CCCC(=O)Nc1ccc2nc(SCc3cc(=O)n4nc(C(C)C)sc4n3)sc2c1. The van der Waals surface area contributed by atoms with Gasteiger partial charge in [0.05, 0.1) is 15.9 Å². The molecule has 0 bridgehead atoms. The van der Waals surface area contributed by atoms with E-state index >= 15 is 0 Å². The number of nitrogens with zero attached hydrogens (tertiary/aromatic N) is 4. The summed E-state index contributed by atoms with van der Waals surface area (Å²) in [4.78, 5) is 34.0. The van der Waals surface area contributed by atoms with Gasteiger partial charge >= 0.3 is 0 Å². The lowest BCUT2D eigenvalue weighted by atomic mass is 10.2. The minimum atomic E-state index is -0.157. The maximum Gasteiger partial charge on any atom is 0.275 e. The van der Waals surface area contributed by atoms with Crippen LogP contribution in [0.4, 0.5) is 5.69 Å². The first-order valence-corrected chi connectivity index (χ1v) is 12.3. The van der Waals surface area contributed by atoms with Crippen molar-refractivity contribution < 1.29 is 4.79 Å². The van der Waals surface area contributed by atoms with E-state index < -0.39 is 0 Å². The van der Waals surface area contributed by atoms with Gasteiger partial charge in [-0.05, 0) is 24.6 Å². The maximum absolute atomic E-state index is 12.4. The molecule has 30 heavy (non-hydrogen) atoms. The predicted octanol–water partition coefficient (Wildman–Crippen LogP) is 4.92. The summed E-state index contributed by atoms with van der Waals surface area (Å²) < 4.78 is 3.29. The van der Waals surface area contributed by atoms with Gasteiger partial charge in [-0.3, -0.25) is 9.59 Å². The number of aromatic nitrogens is 4. The van der Waals surface area contributed by atoms with E-state index in [2.05, 4.69) is 20.4 Å². The molecule has 0 aliphatic rings. The number of nitrogens with one attached hydrogen (secondary N) is 1. The Morgan fingerprint density at radius 3 is 2.83 bits per heavy atom. The quantitative estimate of drug-likeness (QED) is 0.395. The molecule has 3 aromatic heterocycles. The smallest absolute Gasteiger partial charge is 0.275 e. The first-order chi connectivity index (χ1) is 14.4. The Bertz CT molecular complexity index is 1270. The Morgan fingerprint density at radius 2 is 2.07 bits per heavy atom. The molecule has 0 aliphatic carbocycles. The zero-order chi connectivity index (χ0) is 21.3. The minimum absolute atomic E-state index is 0.0207. The summed E-state index contributed by atoms with van der Waals surface area (Å²) in [6.07, 6.45) is 1.33. The van der Waals surface area contributed by atoms with Crippen LogP contribution in [0.2, 0.25) is 0 Å². The molecular formula is C20H21N5O2S3. The van der Waals surface area contributed by atoms with Gasteiger partial charge in [-0.2, -0.15) is 9.61 Å². The molecule has 0 aliphatic heterocycles. The second-order valence-electron chi connectivity index (χ2n) is 7.12. The van der Waals surface area contributed by atoms with Crippen LogP contribution in [0, 0.1) is 0 Å². The zero-order valence-corrected chi connectivity index (χ0v) is 19.3. The number of hydrogen-bond acceptors (Lipinski definition) is 8. The third-order valence-corrected chi connectivity index (χ3v) is 7.68. The van der Waals surface area contributed by atoms with E-state index in [0.29, 0.717) is 17.1 Å². The molecule has 0 atom stereocenters. The Labute approximate surface area is 185 Å². The Balaban J connectivity index is 1.50. The van der Waals surface area contributed by atoms with Crippen LogP contribution >= 0.6 is 34.4 Å². The van der Waals surface area contributed by atoms with Crippen molar-refractivity contribution in [3.8, 4) is 0 Å². The molecule has 4 rings (SSSR count). The lowest BCUT2D eigenvalue weighted by Crippen LogP contribution is -2.15. The second-order valence-corrected chi connectivity index (χ2v) is 10.4. The highest BCUT2D eigenvalue weighted by Gasteiger charge is 2.13. The topological polar surface area (TPSA) is 89.2 Å². The number of benzene rings is 1. The molecule has 4 aromatic rings. The summed E-state index contributed by atoms with van der Waals surface area (Å²) >= 11 is 4.57. The average molecular weight is 460 g/mol. The zero-order valence-electron chi connectivity index (χ0n) is 16.8. The van der Waals surface area contributed by atoms with Gasteiger partial charge in [0, 0.05) is 29.8 Å². The molecule has 156 valence electrons. The van der Waals surface area contributed by atoms with E-state index in [1.807, 2.05) is 39.0 Å². The molecule has 0 saturated heterocycles. The van der Waals surface area contributed by atoms with Crippen molar-refractivity contribution in [3.05, 3.63) is 45.3 Å². The Kier molecular flexibility index (Phi) is 6.16. The number of amides is 1. The van der Waals surface area contributed by atoms with Crippen LogP contribution in [0.25, 0.3) is 15.2 Å². The summed E-state index contributed by atoms with van der Waals surface area (Å²) in [6.45, 7) is 6.08. The normalized spacial score (nSPS) is 11.6. The predicted molar refractivity (Wildman–Crippen MR) is 124 cm³/mol. The van der Waals surface area contributed by atoms with Gasteiger partial charge in [-0.1, -0.05) is 43.9 Å². The fourth-order valence-corrected chi connectivity index (χ4v) is 5.73. The van der Waals surface area contributed by atoms with E-state index in [4.69, 9.17) is 0 Å². The third kappa shape index (κ3) is 4.55.